The summed E-state index contributed by atoms with van der Waals surface area (Å²) in [4.78, 5) is 15.3. The minimum atomic E-state index is -4.37. The van der Waals surface area contributed by atoms with Crippen LogP contribution in [0.15, 0.2) is 24.3 Å². The Morgan fingerprint density at radius 3 is 2.62 bits per heavy atom. The van der Waals surface area contributed by atoms with Gasteiger partial charge in [-0.05, 0) is 50.3 Å². The van der Waals surface area contributed by atoms with Crippen molar-refractivity contribution in [2.24, 2.45) is 0 Å². The molecule has 2 aliphatic heterocycles. The van der Waals surface area contributed by atoms with Crippen molar-refractivity contribution in [1.29, 1.82) is 0 Å². The number of carbonyl (C=O) groups is 1. The quantitative estimate of drug-likeness (QED) is 0.899. The third-order valence-electron chi connectivity index (χ3n) is 5.79. The first kappa shape index (κ1) is 15.9. The van der Waals surface area contributed by atoms with Crippen LogP contribution < -0.4 is 5.32 Å². The van der Waals surface area contributed by atoms with E-state index >= 15 is 0 Å². The molecule has 2 bridgehead atoms. The Kier molecular flexibility index (Phi) is 3.64. The van der Waals surface area contributed by atoms with Gasteiger partial charge in [0.15, 0.2) is 0 Å². The maximum absolute atomic E-state index is 13.3. The summed E-state index contributed by atoms with van der Waals surface area (Å²) in [7, 11) is 0. The van der Waals surface area contributed by atoms with Gasteiger partial charge in [-0.15, -0.1) is 0 Å². The summed E-state index contributed by atoms with van der Waals surface area (Å²) in [6, 6.07) is 5.77. The van der Waals surface area contributed by atoms with Crippen molar-refractivity contribution >= 4 is 5.91 Å². The lowest BCUT2D eigenvalue weighted by Crippen LogP contribution is -2.47. The van der Waals surface area contributed by atoms with E-state index in [0.717, 1.165) is 38.4 Å². The van der Waals surface area contributed by atoms with Gasteiger partial charge in [-0.25, -0.2) is 0 Å². The van der Waals surface area contributed by atoms with E-state index in [1.807, 2.05) is 4.90 Å². The monoisotopic (exact) mass is 338 g/mol. The summed E-state index contributed by atoms with van der Waals surface area (Å²) < 4.78 is 39.0. The average molecular weight is 338 g/mol. The third-order valence-corrected chi connectivity index (χ3v) is 5.79. The Balaban J connectivity index is 1.65. The van der Waals surface area contributed by atoms with E-state index in [2.05, 4.69) is 5.32 Å². The summed E-state index contributed by atoms with van der Waals surface area (Å²) in [5.41, 5.74) is -0.870. The zero-order chi connectivity index (χ0) is 16.9. The molecule has 1 aromatic rings. The van der Waals surface area contributed by atoms with Gasteiger partial charge in [-0.2, -0.15) is 13.2 Å². The van der Waals surface area contributed by atoms with Gasteiger partial charge in [0.2, 0.25) is 5.91 Å². The van der Waals surface area contributed by atoms with E-state index in [-0.39, 0.29) is 18.0 Å². The highest BCUT2D eigenvalue weighted by Gasteiger charge is 2.56. The van der Waals surface area contributed by atoms with Crippen LogP contribution in [0, 0.1) is 0 Å². The van der Waals surface area contributed by atoms with Crippen molar-refractivity contribution in [1.82, 2.24) is 10.2 Å². The highest BCUT2D eigenvalue weighted by atomic mass is 19.4. The van der Waals surface area contributed by atoms with Gasteiger partial charge in [-0.1, -0.05) is 18.2 Å². The highest BCUT2D eigenvalue weighted by Crippen LogP contribution is 2.52. The van der Waals surface area contributed by atoms with Crippen molar-refractivity contribution in [2.45, 2.75) is 55.8 Å². The highest BCUT2D eigenvalue weighted by molar-refractivity contribution is 5.92. The lowest BCUT2D eigenvalue weighted by molar-refractivity contribution is -0.139. The number of hydrogen-bond acceptors (Lipinski definition) is 2. The molecule has 1 saturated carbocycles. The van der Waals surface area contributed by atoms with Gasteiger partial charge >= 0.3 is 6.18 Å². The van der Waals surface area contributed by atoms with E-state index in [4.69, 9.17) is 0 Å². The number of amides is 1. The molecular formula is C18H21F3N2O. The Morgan fingerprint density at radius 1 is 1.17 bits per heavy atom. The molecule has 3 fully saturated rings. The van der Waals surface area contributed by atoms with E-state index in [1.54, 1.807) is 6.07 Å². The Hall–Kier alpha value is -1.56. The first-order valence-electron chi connectivity index (χ1n) is 8.63. The topological polar surface area (TPSA) is 32.3 Å². The molecule has 3 aliphatic rings. The van der Waals surface area contributed by atoms with Gasteiger partial charge in [0, 0.05) is 18.6 Å². The van der Waals surface area contributed by atoms with Crippen molar-refractivity contribution in [3.8, 4) is 0 Å². The number of nitrogens with zero attached hydrogens (tertiary/aromatic N) is 1. The fourth-order valence-electron chi connectivity index (χ4n) is 4.31. The second-order valence-electron chi connectivity index (χ2n) is 7.25. The Bertz CT molecular complexity index is 640. The number of alkyl halides is 3. The summed E-state index contributed by atoms with van der Waals surface area (Å²) in [5, 5.41) is 3.36. The number of fused-ring (bicyclic) bond motifs is 2. The second kappa shape index (κ2) is 5.48. The molecule has 1 N–H and O–H groups in total. The van der Waals surface area contributed by atoms with Crippen LogP contribution in [0.2, 0.25) is 0 Å². The first-order valence-corrected chi connectivity index (χ1v) is 8.63. The zero-order valence-corrected chi connectivity index (χ0v) is 13.4. The van der Waals surface area contributed by atoms with Crippen LogP contribution in [0.5, 0.6) is 0 Å². The van der Waals surface area contributed by atoms with Gasteiger partial charge in [-0.3, -0.25) is 4.79 Å². The van der Waals surface area contributed by atoms with Crippen molar-refractivity contribution in [2.75, 3.05) is 13.1 Å². The Morgan fingerprint density at radius 2 is 1.92 bits per heavy atom. The van der Waals surface area contributed by atoms with Gasteiger partial charge < -0.3 is 10.2 Å². The number of nitrogens with one attached hydrogen (secondary N) is 1. The maximum Gasteiger partial charge on any atom is 0.416 e. The molecular weight excluding hydrogens is 317 g/mol. The molecule has 2 saturated heterocycles. The average Bonchev–Trinajstić information content (AvgIpc) is 3.27. The fourth-order valence-corrected chi connectivity index (χ4v) is 4.31. The molecule has 6 heteroatoms. The van der Waals surface area contributed by atoms with Crippen molar-refractivity contribution in [3.05, 3.63) is 35.4 Å². The van der Waals surface area contributed by atoms with Crippen LogP contribution in [-0.4, -0.2) is 36.0 Å². The molecule has 1 aliphatic carbocycles. The lowest BCUT2D eigenvalue weighted by atomic mass is 9.92. The molecule has 1 aromatic carbocycles. The van der Waals surface area contributed by atoms with Gasteiger partial charge in [0.05, 0.1) is 11.0 Å². The molecule has 2 heterocycles. The van der Waals surface area contributed by atoms with Crippen LogP contribution in [0.3, 0.4) is 0 Å². The number of halogens is 3. The standard InChI is InChI=1S/C18H21F3N2O/c19-18(20,21)13-3-1-2-12(10-13)17(7-8-17)16(24)23-14-4-5-15(23)11-22-9-6-14/h1-3,10,14-15,22H,4-9,11H2. The van der Waals surface area contributed by atoms with Gasteiger partial charge in [0.1, 0.15) is 0 Å². The lowest BCUT2D eigenvalue weighted by Gasteiger charge is -2.32. The molecule has 0 spiro atoms. The van der Waals surface area contributed by atoms with Gasteiger partial charge in [0.25, 0.3) is 0 Å². The normalized spacial score (nSPS) is 28.5. The van der Waals surface area contributed by atoms with Crippen LogP contribution in [0.1, 0.15) is 43.2 Å². The smallest absolute Gasteiger partial charge is 0.335 e. The minimum Gasteiger partial charge on any atom is -0.335 e. The number of hydrogen-bond donors (Lipinski definition) is 1. The molecule has 0 radical (unpaired) electrons. The summed E-state index contributed by atoms with van der Waals surface area (Å²) >= 11 is 0. The first-order chi connectivity index (χ1) is 11.4. The maximum atomic E-state index is 13.3. The molecule has 3 nitrogen and oxygen atoms in total. The number of carbonyl (C=O) groups excluding carboxylic acids is 1. The SMILES string of the molecule is O=C(N1C2CCNCC1CC2)C1(c2cccc(C(F)(F)F)c2)CC1. The van der Waals surface area contributed by atoms with Crippen LogP contribution in [-0.2, 0) is 16.4 Å². The van der Waals surface area contributed by atoms with Crippen LogP contribution in [0.4, 0.5) is 13.2 Å². The molecule has 1 amide bonds. The molecule has 0 aromatic heterocycles. The summed E-state index contributed by atoms with van der Waals surface area (Å²) in [5.74, 6) is 0.0398. The number of rotatable bonds is 2. The van der Waals surface area contributed by atoms with E-state index in [0.29, 0.717) is 18.4 Å². The van der Waals surface area contributed by atoms with E-state index in [9.17, 15) is 18.0 Å². The van der Waals surface area contributed by atoms with E-state index < -0.39 is 17.2 Å². The van der Waals surface area contributed by atoms with Crippen molar-refractivity contribution in [3.63, 3.8) is 0 Å². The predicted molar refractivity (Wildman–Crippen MR) is 83.5 cm³/mol. The molecule has 2 unspecified atom stereocenters. The largest absolute Gasteiger partial charge is 0.416 e. The zero-order valence-electron chi connectivity index (χ0n) is 13.4. The van der Waals surface area contributed by atoms with Crippen LogP contribution in [0.25, 0.3) is 0 Å². The van der Waals surface area contributed by atoms with Crippen molar-refractivity contribution < 1.29 is 18.0 Å². The van der Waals surface area contributed by atoms with Crippen LogP contribution >= 0.6 is 0 Å². The minimum absolute atomic E-state index is 0.0398. The molecule has 4 rings (SSSR count). The predicted octanol–water partition coefficient (Wildman–Crippen LogP) is 3.09. The second-order valence-corrected chi connectivity index (χ2v) is 7.25. The Labute approximate surface area is 139 Å². The molecule has 130 valence electrons. The van der Waals surface area contributed by atoms with E-state index in [1.165, 1.54) is 12.1 Å². The number of benzene rings is 1. The molecule has 24 heavy (non-hydrogen) atoms. The molecule has 2 atom stereocenters. The fraction of sp³-hybridized carbons (Fsp3) is 0.611. The third kappa shape index (κ3) is 2.51. The summed E-state index contributed by atoms with van der Waals surface area (Å²) in [6.07, 6.45) is -0.145. The summed E-state index contributed by atoms with van der Waals surface area (Å²) in [6.45, 7) is 1.70.